The SMILES string of the molecule is Cc1ccc(O[C@H](C)C(=O)NNC(=O)[C@@H](C)Oc2ccc3ccccc3c2)cc1. The maximum absolute atomic E-state index is 12.2. The van der Waals surface area contributed by atoms with Crippen LogP contribution < -0.4 is 20.3 Å². The van der Waals surface area contributed by atoms with E-state index >= 15 is 0 Å². The summed E-state index contributed by atoms with van der Waals surface area (Å²) in [7, 11) is 0. The van der Waals surface area contributed by atoms with Crippen LogP contribution in [0.4, 0.5) is 0 Å². The van der Waals surface area contributed by atoms with E-state index in [-0.39, 0.29) is 0 Å². The van der Waals surface area contributed by atoms with Gasteiger partial charge in [-0.2, -0.15) is 0 Å². The molecule has 2 atom stereocenters. The molecule has 2 amide bonds. The Morgan fingerprint density at radius 1 is 0.724 bits per heavy atom. The predicted molar refractivity (Wildman–Crippen MR) is 112 cm³/mol. The number of ether oxygens (including phenoxy) is 2. The third-order valence-corrected chi connectivity index (χ3v) is 4.41. The largest absolute Gasteiger partial charge is 0.481 e. The molecule has 0 aliphatic rings. The first kappa shape index (κ1) is 20.2. The number of aryl methyl sites for hydroxylation is 1. The average Bonchev–Trinajstić information content (AvgIpc) is 2.73. The van der Waals surface area contributed by atoms with Gasteiger partial charge in [-0.3, -0.25) is 20.4 Å². The Morgan fingerprint density at radius 3 is 1.86 bits per heavy atom. The lowest BCUT2D eigenvalue weighted by Crippen LogP contribution is -2.50. The van der Waals surface area contributed by atoms with Gasteiger partial charge in [-0.15, -0.1) is 0 Å². The van der Waals surface area contributed by atoms with Crippen molar-refractivity contribution in [3.63, 3.8) is 0 Å². The maximum atomic E-state index is 12.2. The molecule has 0 saturated carbocycles. The molecule has 3 rings (SSSR count). The molecule has 0 aliphatic carbocycles. The number of amides is 2. The van der Waals surface area contributed by atoms with E-state index in [1.807, 2.05) is 61.5 Å². The molecule has 6 nitrogen and oxygen atoms in total. The first-order valence-electron chi connectivity index (χ1n) is 9.41. The fourth-order valence-electron chi connectivity index (χ4n) is 2.70. The zero-order valence-corrected chi connectivity index (χ0v) is 16.6. The Hall–Kier alpha value is -3.54. The monoisotopic (exact) mass is 392 g/mol. The molecular formula is C23H24N2O4. The number of fused-ring (bicyclic) bond motifs is 1. The summed E-state index contributed by atoms with van der Waals surface area (Å²) in [4.78, 5) is 24.4. The van der Waals surface area contributed by atoms with Crippen LogP contribution in [0.15, 0.2) is 66.7 Å². The molecule has 0 bridgehead atoms. The molecule has 6 heteroatoms. The van der Waals surface area contributed by atoms with Crippen LogP contribution in [0.2, 0.25) is 0 Å². The Labute approximate surface area is 169 Å². The standard InChI is InChI=1S/C23H24N2O4/c1-15-8-11-20(12-9-15)28-16(2)22(26)24-25-23(27)17(3)29-21-13-10-18-6-4-5-7-19(18)14-21/h4-14,16-17H,1-3H3,(H,24,26)(H,25,27)/t16-,17-/m1/s1. The minimum atomic E-state index is -0.787. The molecule has 0 aliphatic heterocycles. The number of nitrogens with one attached hydrogen (secondary N) is 2. The highest BCUT2D eigenvalue weighted by atomic mass is 16.5. The van der Waals surface area contributed by atoms with E-state index in [1.54, 1.807) is 26.0 Å². The second-order valence-electron chi connectivity index (χ2n) is 6.82. The highest BCUT2D eigenvalue weighted by Gasteiger charge is 2.19. The highest BCUT2D eigenvalue weighted by molar-refractivity contribution is 5.87. The van der Waals surface area contributed by atoms with Gasteiger partial charge in [0.15, 0.2) is 12.2 Å². The van der Waals surface area contributed by atoms with Crippen molar-refractivity contribution in [3.05, 3.63) is 72.3 Å². The van der Waals surface area contributed by atoms with Crippen LogP contribution in [0.5, 0.6) is 11.5 Å². The zero-order chi connectivity index (χ0) is 20.8. The molecule has 0 radical (unpaired) electrons. The number of benzene rings is 3. The molecule has 0 saturated heterocycles. The molecule has 0 unspecified atom stereocenters. The summed E-state index contributed by atoms with van der Waals surface area (Å²) in [6, 6.07) is 20.9. The van der Waals surface area contributed by atoms with Crippen molar-refractivity contribution in [2.45, 2.75) is 33.0 Å². The maximum Gasteiger partial charge on any atom is 0.279 e. The molecule has 3 aromatic carbocycles. The predicted octanol–water partition coefficient (Wildman–Crippen LogP) is 3.53. The lowest BCUT2D eigenvalue weighted by Gasteiger charge is -2.18. The van der Waals surface area contributed by atoms with Gasteiger partial charge in [0.25, 0.3) is 11.8 Å². The topological polar surface area (TPSA) is 76.7 Å². The summed E-state index contributed by atoms with van der Waals surface area (Å²) < 4.78 is 11.3. The van der Waals surface area contributed by atoms with Crippen molar-refractivity contribution in [1.29, 1.82) is 0 Å². The quantitative estimate of drug-likeness (QED) is 0.629. The Bertz CT molecular complexity index is 1000. The Kier molecular flexibility index (Phi) is 6.34. The second kappa shape index (κ2) is 9.10. The minimum absolute atomic E-state index is 0.461. The van der Waals surface area contributed by atoms with E-state index in [2.05, 4.69) is 10.9 Å². The van der Waals surface area contributed by atoms with Crippen molar-refractivity contribution >= 4 is 22.6 Å². The molecule has 0 spiro atoms. The summed E-state index contributed by atoms with van der Waals surface area (Å²) in [6.07, 6.45) is -1.56. The minimum Gasteiger partial charge on any atom is -0.481 e. The van der Waals surface area contributed by atoms with Gasteiger partial charge in [0.1, 0.15) is 11.5 Å². The second-order valence-corrected chi connectivity index (χ2v) is 6.82. The summed E-state index contributed by atoms with van der Waals surface area (Å²) in [5, 5.41) is 2.11. The van der Waals surface area contributed by atoms with Gasteiger partial charge in [0.05, 0.1) is 0 Å². The first-order valence-corrected chi connectivity index (χ1v) is 9.41. The fraction of sp³-hybridized carbons (Fsp3) is 0.217. The van der Waals surface area contributed by atoms with Crippen molar-refractivity contribution < 1.29 is 19.1 Å². The number of hydrogen-bond acceptors (Lipinski definition) is 4. The molecule has 29 heavy (non-hydrogen) atoms. The number of hydrazine groups is 1. The van der Waals surface area contributed by atoms with Gasteiger partial charge < -0.3 is 9.47 Å². The van der Waals surface area contributed by atoms with Gasteiger partial charge in [-0.1, -0.05) is 48.0 Å². The van der Waals surface area contributed by atoms with Crippen molar-refractivity contribution in [3.8, 4) is 11.5 Å². The first-order chi connectivity index (χ1) is 13.9. The Morgan fingerprint density at radius 2 is 1.24 bits per heavy atom. The van der Waals surface area contributed by atoms with Gasteiger partial charge >= 0.3 is 0 Å². The third-order valence-electron chi connectivity index (χ3n) is 4.41. The lowest BCUT2D eigenvalue weighted by atomic mass is 10.1. The number of hydrogen-bond donors (Lipinski definition) is 2. The molecule has 0 fully saturated rings. The summed E-state index contributed by atoms with van der Waals surface area (Å²) in [5.41, 5.74) is 5.84. The van der Waals surface area contributed by atoms with E-state index in [4.69, 9.17) is 9.47 Å². The molecular weight excluding hydrogens is 368 g/mol. The summed E-state index contributed by atoms with van der Waals surface area (Å²) in [5.74, 6) is 0.234. The normalized spacial score (nSPS) is 12.7. The van der Waals surface area contributed by atoms with Crippen LogP contribution in [0.25, 0.3) is 10.8 Å². The van der Waals surface area contributed by atoms with E-state index in [0.717, 1.165) is 16.3 Å². The van der Waals surface area contributed by atoms with Crippen molar-refractivity contribution in [2.75, 3.05) is 0 Å². The molecule has 0 aromatic heterocycles. The summed E-state index contributed by atoms with van der Waals surface area (Å²) >= 11 is 0. The smallest absolute Gasteiger partial charge is 0.279 e. The van der Waals surface area contributed by atoms with Crippen LogP contribution in [0.1, 0.15) is 19.4 Å². The van der Waals surface area contributed by atoms with Gasteiger partial charge in [-0.25, -0.2) is 0 Å². The molecule has 150 valence electrons. The van der Waals surface area contributed by atoms with Gasteiger partial charge in [0, 0.05) is 0 Å². The third kappa shape index (κ3) is 5.48. The number of rotatable bonds is 6. The average molecular weight is 392 g/mol. The molecule has 3 aromatic rings. The fourth-order valence-corrected chi connectivity index (χ4v) is 2.70. The van der Waals surface area contributed by atoms with Crippen LogP contribution in [0, 0.1) is 6.92 Å². The highest BCUT2D eigenvalue weighted by Crippen LogP contribution is 2.21. The number of carbonyl (C=O) groups is 2. The van der Waals surface area contributed by atoms with E-state index in [1.165, 1.54) is 0 Å². The zero-order valence-electron chi connectivity index (χ0n) is 16.6. The van der Waals surface area contributed by atoms with Crippen LogP contribution in [-0.2, 0) is 9.59 Å². The van der Waals surface area contributed by atoms with Crippen molar-refractivity contribution in [2.24, 2.45) is 0 Å². The number of carbonyl (C=O) groups excluding carboxylic acids is 2. The Balaban J connectivity index is 1.49. The summed E-state index contributed by atoms with van der Waals surface area (Å²) in [6.45, 7) is 5.19. The van der Waals surface area contributed by atoms with E-state index in [0.29, 0.717) is 11.5 Å². The van der Waals surface area contributed by atoms with E-state index < -0.39 is 24.0 Å². The molecule has 0 heterocycles. The van der Waals surface area contributed by atoms with Crippen LogP contribution >= 0.6 is 0 Å². The van der Waals surface area contributed by atoms with Crippen LogP contribution in [-0.4, -0.2) is 24.0 Å². The molecule has 2 N–H and O–H groups in total. The van der Waals surface area contributed by atoms with Gasteiger partial charge in [0.2, 0.25) is 0 Å². The van der Waals surface area contributed by atoms with Crippen LogP contribution in [0.3, 0.4) is 0 Å². The lowest BCUT2D eigenvalue weighted by molar-refractivity contribution is -0.135. The van der Waals surface area contributed by atoms with Crippen molar-refractivity contribution in [1.82, 2.24) is 10.9 Å². The van der Waals surface area contributed by atoms with Gasteiger partial charge in [-0.05, 0) is 55.8 Å². The van der Waals surface area contributed by atoms with E-state index in [9.17, 15) is 9.59 Å².